The van der Waals surface area contributed by atoms with Gasteiger partial charge in [0, 0.05) is 19.0 Å². The predicted molar refractivity (Wildman–Crippen MR) is 63.6 cm³/mol. The first kappa shape index (κ1) is 11.0. The number of nitrogens with zero attached hydrogens (tertiary/aromatic N) is 1. The first-order valence-electron chi connectivity index (χ1n) is 6.29. The second kappa shape index (κ2) is 5.53. The van der Waals surface area contributed by atoms with Crippen LogP contribution in [0.25, 0.3) is 0 Å². The molecule has 2 rings (SSSR count). The summed E-state index contributed by atoms with van der Waals surface area (Å²) in [4.78, 5) is 2.60. The Balaban J connectivity index is 1.74. The topological polar surface area (TPSA) is 15.3 Å². The first-order valence-corrected chi connectivity index (χ1v) is 6.29. The van der Waals surface area contributed by atoms with Crippen LogP contribution >= 0.6 is 0 Å². The number of nitrogens with one attached hydrogen (secondary N) is 1. The van der Waals surface area contributed by atoms with Gasteiger partial charge in [0.25, 0.3) is 0 Å². The lowest BCUT2D eigenvalue weighted by Crippen LogP contribution is -2.39. The van der Waals surface area contributed by atoms with Crippen molar-refractivity contribution in [1.82, 2.24) is 10.2 Å². The Hall–Kier alpha value is -0.520. The van der Waals surface area contributed by atoms with E-state index in [0.717, 1.165) is 24.8 Å². The molecular formula is C13H22N2. The molecule has 0 radical (unpaired) electrons. The van der Waals surface area contributed by atoms with Crippen LogP contribution in [0.15, 0.2) is 0 Å². The van der Waals surface area contributed by atoms with Crippen LogP contribution in [0, 0.1) is 18.3 Å². The molecule has 1 unspecified atom stereocenters. The Morgan fingerprint density at radius 2 is 2.27 bits per heavy atom. The second-order valence-electron chi connectivity index (χ2n) is 4.86. The van der Waals surface area contributed by atoms with E-state index in [1.165, 1.54) is 45.4 Å². The van der Waals surface area contributed by atoms with Crippen molar-refractivity contribution in [1.29, 1.82) is 0 Å². The number of hydrogen-bond donors (Lipinski definition) is 1. The lowest BCUT2D eigenvalue weighted by Gasteiger charge is -2.23. The van der Waals surface area contributed by atoms with Crippen molar-refractivity contribution in [2.75, 3.05) is 26.2 Å². The third-order valence-corrected chi connectivity index (χ3v) is 3.50. The van der Waals surface area contributed by atoms with Gasteiger partial charge in [0.2, 0.25) is 0 Å². The molecule has 84 valence electrons. The van der Waals surface area contributed by atoms with E-state index in [1.54, 1.807) is 0 Å². The molecule has 15 heavy (non-hydrogen) atoms. The number of terminal acetylenes is 1. The van der Waals surface area contributed by atoms with E-state index in [-0.39, 0.29) is 0 Å². The van der Waals surface area contributed by atoms with Crippen LogP contribution in [-0.2, 0) is 0 Å². The molecule has 1 heterocycles. The van der Waals surface area contributed by atoms with E-state index in [0.29, 0.717) is 0 Å². The maximum Gasteiger partial charge on any atom is 0.0223 e. The van der Waals surface area contributed by atoms with Crippen molar-refractivity contribution in [3.63, 3.8) is 0 Å². The average molecular weight is 206 g/mol. The third-order valence-electron chi connectivity index (χ3n) is 3.50. The van der Waals surface area contributed by atoms with E-state index in [2.05, 4.69) is 16.1 Å². The van der Waals surface area contributed by atoms with Gasteiger partial charge >= 0.3 is 0 Å². The lowest BCUT2D eigenvalue weighted by molar-refractivity contribution is 0.257. The van der Waals surface area contributed by atoms with E-state index < -0.39 is 0 Å². The molecule has 0 aromatic carbocycles. The van der Waals surface area contributed by atoms with Gasteiger partial charge in [-0.1, -0.05) is 0 Å². The quantitative estimate of drug-likeness (QED) is 0.553. The van der Waals surface area contributed by atoms with Crippen molar-refractivity contribution in [3.05, 3.63) is 0 Å². The Labute approximate surface area is 93.4 Å². The maximum atomic E-state index is 5.28. The van der Waals surface area contributed by atoms with Gasteiger partial charge in [0.05, 0.1) is 0 Å². The Morgan fingerprint density at radius 3 is 3.00 bits per heavy atom. The van der Waals surface area contributed by atoms with Gasteiger partial charge in [-0.15, -0.1) is 12.3 Å². The molecule has 1 saturated carbocycles. The summed E-state index contributed by atoms with van der Waals surface area (Å²) < 4.78 is 0. The molecule has 2 heteroatoms. The highest BCUT2D eigenvalue weighted by Crippen LogP contribution is 2.33. The van der Waals surface area contributed by atoms with E-state index in [1.807, 2.05) is 0 Å². The van der Waals surface area contributed by atoms with E-state index >= 15 is 0 Å². The molecule has 1 aliphatic carbocycles. The van der Waals surface area contributed by atoms with E-state index in [4.69, 9.17) is 6.42 Å². The summed E-state index contributed by atoms with van der Waals surface area (Å²) >= 11 is 0. The van der Waals surface area contributed by atoms with Gasteiger partial charge in [-0.2, -0.15) is 0 Å². The largest absolute Gasteiger partial charge is 0.312 e. The maximum absolute atomic E-state index is 5.28. The van der Waals surface area contributed by atoms with Gasteiger partial charge in [-0.3, -0.25) is 0 Å². The summed E-state index contributed by atoms with van der Waals surface area (Å²) in [6.45, 7) is 4.89. The van der Waals surface area contributed by atoms with Crippen molar-refractivity contribution < 1.29 is 0 Å². The van der Waals surface area contributed by atoms with Gasteiger partial charge < -0.3 is 10.2 Å². The van der Waals surface area contributed by atoms with Crippen LogP contribution in [0.2, 0.25) is 0 Å². The first-order chi connectivity index (χ1) is 7.40. The summed E-state index contributed by atoms with van der Waals surface area (Å²) in [5, 5.41) is 3.68. The Morgan fingerprint density at radius 1 is 1.40 bits per heavy atom. The smallest absolute Gasteiger partial charge is 0.0223 e. The summed E-state index contributed by atoms with van der Waals surface area (Å²) in [7, 11) is 0. The molecular weight excluding hydrogens is 184 g/mol. The zero-order chi connectivity index (χ0) is 10.5. The van der Waals surface area contributed by atoms with Crippen molar-refractivity contribution >= 4 is 0 Å². The molecule has 1 atom stereocenters. The van der Waals surface area contributed by atoms with Gasteiger partial charge in [-0.05, 0) is 51.2 Å². The highest BCUT2D eigenvalue weighted by Gasteiger charge is 2.32. The fraction of sp³-hybridized carbons (Fsp3) is 0.846. The predicted octanol–water partition coefficient (Wildman–Crippen LogP) is 1.47. The lowest BCUT2D eigenvalue weighted by atomic mass is 10.1. The van der Waals surface area contributed by atoms with Crippen LogP contribution in [0.1, 0.15) is 32.1 Å². The van der Waals surface area contributed by atoms with Crippen molar-refractivity contribution in [3.8, 4) is 12.3 Å². The zero-order valence-corrected chi connectivity index (χ0v) is 9.54. The average Bonchev–Trinajstić information content (AvgIpc) is 3.05. The van der Waals surface area contributed by atoms with Crippen LogP contribution < -0.4 is 5.32 Å². The molecule has 2 aliphatic rings. The molecule has 0 bridgehead atoms. The third kappa shape index (κ3) is 3.52. The zero-order valence-electron chi connectivity index (χ0n) is 9.54. The molecule has 2 nitrogen and oxygen atoms in total. The molecule has 0 aromatic rings. The number of unbranched alkanes of at least 4 members (excludes halogenated alkanes) is 1. The minimum atomic E-state index is 0.762. The molecule has 0 amide bonds. The molecule has 1 N–H and O–H groups in total. The monoisotopic (exact) mass is 206 g/mol. The Bertz CT molecular complexity index is 227. The van der Waals surface area contributed by atoms with Gasteiger partial charge in [-0.25, -0.2) is 0 Å². The van der Waals surface area contributed by atoms with Gasteiger partial charge in [0.15, 0.2) is 0 Å². The van der Waals surface area contributed by atoms with Crippen LogP contribution in [0.4, 0.5) is 0 Å². The SMILES string of the molecule is C#CCCCN1CCCNC(C2CC2)C1. The summed E-state index contributed by atoms with van der Waals surface area (Å²) in [6, 6.07) is 0.762. The van der Waals surface area contributed by atoms with E-state index in [9.17, 15) is 0 Å². The molecule has 0 spiro atoms. The normalized spacial score (nSPS) is 28.3. The standard InChI is InChI=1S/C13H22N2/c1-2-3-4-9-15-10-5-8-14-13(11-15)12-6-7-12/h1,12-14H,3-11H2. The van der Waals surface area contributed by atoms with Gasteiger partial charge in [0.1, 0.15) is 0 Å². The summed E-state index contributed by atoms with van der Waals surface area (Å²) in [6.07, 6.45) is 11.5. The Kier molecular flexibility index (Phi) is 4.05. The highest BCUT2D eigenvalue weighted by molar-refractivity contribution is 4.90. The minimum absolute atomic E-state index is 0.762. The number of hydrogen-bond acceptors (Lipinski definition) is 2. The molecule has 2 fully saturated rings. The highest BCUT2D eigenvalue weighted by atomic mass is 15.2. The van der Waals surface area contributed by atoms with Crippen molar-refractivity contribution in [2.24, 2.45) is 5.92 Å². The summed E-state index contributed by atoms with van der Waals surface area (Å²) in [5.74, 6) is 3.70. The number of rotatable bonds is 4. The second-order valence-corrected chi connectivity index (χ2v) is 4.86. The van der Waals surface area contributed by atoms with Crippen LogP contribution in [0.5, 0.6) is 0 Å². The van der Waals surface area contributed by atoms with Crippen LogP contribution in [-0.4, -0.2) is 37.1 Å². The fourth-order valence-corrected chi connectivity index (χ4v) is 2.45. The molecule has 1 aliphatic heterocycles. The molecule has 0 aromatic heterocycles. The minimum Gasteiger partial charge on any atom is -0.312 e. The fourth-order valence-electron chi connectivity index (χ4n) is 2.45. The van der Waals surface area contributed by atoms with Crippen molar-refractivity contribution in [2.45, 2.75) is 38.1 Å². The molecule has 1 saturated heterocycles. The summed E-state index contributed by atoms with van der Waals surface area (Å²) in [5.41, 5.74) is 0. The van der Waals surface area contributed by atoms with Crippen LogP contribution in [0.3, 0.4) is 0 Å².